The Bertz CT molecular complexity index is 990. The first kappa shape index (κ1) is 20.2. The van der Waals surface area contributed by atoms with E-state index in [2.05, 4.69) is 5.32 Å². The van der Waals surface area contributed by atoms with Crippen LogP contribution in [0.3, 0.4) is 0 Å². The van der Waals surface area contributed by atoms with Gasteiger partial charge in [0, 0.05) is 47.8 Å². The van der Waals surface area contributed by atoms with E-state index < -0.39 is 0 Å². The second-order valence-corrected chi connectivity index (χ2v) is 8.01. The summed E-state index contributed by atoms with van der Waals surface area (Å²) < 4.78 is 2.00. The van der Waals surface area contributed by atoms with Crippen LogP contribution in [-0.4, -0.2) is 40.4 Å². The van der Waals surface area contributed by atoms with Crippen LogP contribution < -0.4 is 5.32 Å². The highest BCUT2D eigenvalue weighted by atomic mass is 35.5. The number of carbonyl (C=O) groups is 2. The van der Waals surface area contributed by atoms with Crippen LogP contribution in [0.25, 0.3) is 5.69 Å². The third-order valence-corrected chi connectivity index (χ3v) is 5.74. The number of hydrogen-bond acceptors (Lipinski definition) is 2. The van der Waals surface area contributed by atoms with Crippen LogP contribution in [0.4, 0.5) is 0 Å². The average molecular weight is 422 g/mol. The van der Waals surface area contributed by atoms with Gasteiger partial charge < -0.3 is 14.8 Å². The Morgan fingerprint density at radius 3 is 2.20 bits per heavy atom. The Morgan fingerprint density at radius 2 is 1.57 bits per heavy atom. The second-order valence-electron chi connectivity index (χ2n) is 7.57. The van der Waals surface area contributed by atoms with Crippen LogP contribution in [0, 0.1) is 0 Å². The number of nitrogens with zero attached hydrogens (tertiary/aromatic N) is 2. The van der Waals surface area contributed by atoms with Crippen molar-refractivity contribution >= 4 is 23.4 Å². The third-order valence-electron chi connectivity index (χ3n) is 5.48. The van der Waals surface area contributed by atoms with Crippen LogP contribution >= 0.6 is 11.6 Å². The summed E-state index contributed by atoms with van der Waals surface area (Å²) in [5.41, 5.74) is 2.62. The third kappa shape index (κ3) is 4.92. The maximum absolute atomic E-state index is 12.6. The lowest BCUT2D eigenvalue weighted by Crippen LogP contribution is -2.47. The van der Waals surface area contributed by atoms with Crippen molar-refractivity contribution in [2.24, 2.45) is 0 Å². The smallest absolute Gasteiger partial charge is 0.251 e. The van der Waals surface area contributed by atoms with Crippen molar-refractivity contribution in [3.63, 3.8) is 0 Å². The molecule has 1 aliphatic heterocycles. The molecule has 0 saturated carbocycles. The van der Waals surface area contributed by atoms with Gasteiger partial charge in [-0.3, -0.25) is 9.59 Å². The number of halogens is 1. The summed E-state index contributed by atoms with van der Waals surface area (Å²) in [6.07, 6.45) is 5.84. The van der Waals surface area contributed by atoms with E-state index in [-0.39, 0.29) is 17.9 Å². The predicted octanol–water partition coefficient (Wildman–Crippen LogP) is 4.09. The lowest BCUT2D eigenvalue weighted by molar-refractivity contribution is -0.131. The summed E-state index contributed by atoms with van der Waals surface area (Å²) in [5, 5.41) is 3.78. The van der Waals surface area contributed by atoms with Crippen molar-refractivity contribution in [1.29, 1.82) is 0 Å². The molecule has 3 aromatic rings. The normalized spacial score (nSPS) is 14.5. The second kappa shape index (κ2) is 9.18. The number of aromatic nitrogens is 1. The molecule has 154 valence electrons. The highest BCUT2D eigenvalue weighted by molar-refractivity contribution is 6.30. The number of likely N-dealkylation sites (tertiary alicyclic amines) is 1. The van der Waals surface area contributed by atoms with Crippen molar-refractivity contribution in [1.82, 2.24) is 14.8 Å². The first-order valence-corrected chi connectivity index (χ1v) is 10.5. The van der Waals surface area contributed by atoms with Crippen LogP contribution in [0.2, 0.25) is 5.02 Å². The van der Waals surface area contributed by atoms with Crippen LogP contribution in [0.1, 0.15) is 28.8 Å². The number of rotatable bonds is 5. The molecule has 2 heterocycles. The molecule has 0 unspecified atom stereocenters. The fourth-order valence-corrected chi connectivity index (χ4v) is 3.85. The zero-order valence-electron chi connectivity index (χ0n) is 16.6. The van der Waals surface area contributed by atoms with Gasteiger partial charge in [-0.1, -0.05) is 23.7 Å². The summed E-state index contributed by atoms with van der Waals surface area (Å²) in [6, 6.07) is 18.9. The van der Waals surface area contributed by atoms with E-state index in [4.69, 9.17) is 11.6 Å². The van der Waals surface area contributed by atoms with Crippen molar-refractivity contribution < 1.29 is 9.59 Å². The number of carbonyl (C=O) groups excluding carboxylic acids is 2. The summed E-state index contributed by atoms with van der Waals surface area (Å²) in [4.78, 5) is 27.0. The zero-order valence-corrected chi connectivity index (χ0v) is 17.4. The van der Waals surface area contributed by atoms with Gasteiger partial charge in [-0.15, -0.1) is 0 Å². The molecule has 0 bridgehead atoms. The first-order valence-electron chi connectivity index (χ1n) is 10.1. The molecule has 0 aliphatic carbocycles. The van der Waals surface area contributed by atoms with Crippen LogP contribution in [-0.2, 0) is 11.2 Å². The molecule has 2 aromatic carbocycles. The monoisotopic (exact) mass is 421 g/mol. The lowest BCUT2D eigenvalue weighted by atomic mass is 10.0. The predicted molar refractivity (Wildman–Crippen MR) is 118 cm³/mol. The van der Waals surface area contributed by atoms with E-state index in [0.29, 0.717) is 30.1 Å². The largest absolute Gasteiger partial charge is 0.349 e. The average Bonchev–Trinajstić information content (AvgIpc) is 3.31. The Kier molecular flexibility index (Phi) is 6.19. The number of piperidine rings is 1. The maximum Gasteiger partial charge on any atom is 0.251 e. The number of amides is 2. The number of benzene rings is 2. The van der Waals surface area contributed by atoms with E-state index in [1.165, 1.54) is 0 Å². The van der Waals surface area contributed by atoms with Crippen LogP contribution in [0.15, 0.2) is 73.1 Å². The molecule has 2 amide bonds. The molecule has 1 saturated heterocycles. The fraction of sp³-hybridized carbons (Fsp3) is 0.250. The van der Waals surface area contributed by atoms with Gasteiger partial charge in [-0.05, 0) is 66.9 Å². The Hall–Kier alpha value is -3.05. The van der Waals surface area contributed by atoms with Gasteiger partial charge in [0.2, 0.25) is 5.91 Å². The van der Waals surface area contributed by atoms with E-state index in [0.717, 1.165) is 24.1 Å². The Balaban J connectivity index is 1.26. The minimum absolute atomic E-state index is 0.0694. The molecule has 1 aromatic heterocycles. The van der Waals surface area contributed by atoms with Gasteiger partial charge in [0.1, 0.15) is 0 Å². The molecule has 0 radical (unpaired) electrons. The molecule has 30 heavy (non-hydrogen) atoms. The van der Waals surface area contributed by atoms with Gasteiger partial charge in [0.25, 0.3) is 5.91 Å². The molecule has 0 spiro atoms. The first-order chi connectivity index (χ1) is 14.6. The SMILES string of the molecule is O=C(NC1CCN(C(=O)Cc2ccc(Cl)cc2)CC1)c1ccc(-n2cccc2)cc1. The Labute approximate surface area is 181 Å². The molecule has 1 N–H and O–H groups in total. The zero-order chi connectivity index (χ0) is 20.9. The highest BCUT2D eigenvalue weighted by Gasteiger charge is 2.24. The van der Waals surface area contributed by atoms with E-state index in [1.807, 2.05) is 70.4 Å². The minimum atomic E-state index is -0.0694. The summed E-state index contributed by atoms with van der Waals surface area (Å²) in [7, 11) is 0. The summed E-state index contributed by atoms with van der Waals surface area (Å²) in [5.74, 6) is 0.0442. The van der Waals surface area contributed by atoms with E-state index in [1.54, 1.807) is 12.1 Å². The van der Waals surface area contributed by atoms with Crippen LogP contribution in [0.5, 0.6) is 0 Å². The van der Waals surface area contributed by atoms with Gasteiger partial charge in [-0.25, -0.2) is 0 Å². The van der Waals surface area contributed by atoms with Crippen molar-refractivity contribution in [2.75, 3.05) is 13.1 Å². The molecular formula is C24H24ClN3O2. The minimum Gasteiger partial charge on any atom is -0.349 e. The van der Waals surface area contributed by atoms with Gasteiger partial charge >= 0.3 is 0 Å². The molecule has 1 fully saturated rings. The van der Waals surface area contributed by atoms with Gasteiger partial charge in [0.05, 0.1) is 6.42 Å². The lowest BCUT2D eigenvalue weighted by Gasteiger charge is -2.32. The summed E-state index contributed by atoms with van der Waals surface area (Å²) in [6.45, 7) is 1.31. The fourth-order valence-electron chi connectivity index (χ4n) is 3.72. The number of nitrogens with one attached hydrogen (secondary N) is 1. The molecule has 0 atom stereocenters. The molecule has 4 rings (SSSR count). The van der Waals surface area contributed by atoms with Crippen molar-refractivity contribution in [3.05, 3.63) is 89.2 Å². The molecule has 5 nitrogen and oxygen atoms in total. The van der Waals surface area contributed by atoms with Gasteiger partial charge in [-0.2, -0.15) is 0 Å². The quantitative estimate of drug-likeness (QED) is 0.674. The van der Waals surface area contributed by atoms with Crippen molar-refractivity contribution in [3.8, 4) is 5.69 Å². The molecular weight excluding hydrogens is 398 g/mol. The maximum atomic E-state index is 12.6. The number of hydrogen-bond donors (Lipinski definition) is 1. The molecule has 6 heteroatoms. The molecule has 1 aliphatic rings. The topological polar surface area (TPSA) is 54.3 Å². The van der Waals surface area contributed by atoms with E-state index >= 15 is 0 Å². The van der Waals surface area contributed by atoms with Crippen molar-refractivity contribution in [2.45, 2.75) is 25.3 Å². The highest BCUT2D eigenvalue weighted by Crippen LogP contribution is 2.16. The van der Waals surface area contributed by atoms with Gasteiger partial charge in [0.15, 0.2) is 0 Å². The van der Waals surface area contributed by atoms with E-state index in [9.17, 15) is 9.59 Å². The Morgan fingerprint density at radius 1 is 0.933 bits per heavy atom. The summed E-state index contributed by atoms with van der Waals surface area (Å²) >= 11 is 5.90. The standard InChI is InChI=1S/C24H24ClN3O2/c25-20-7-3-18(4-8-20)17-23(29)28-15-11-21(12-16-28)26-24(30)19-5-9-22(10-6-19)27-13-1-2-14-27/h1-10,13-14,21H,11-12,15-17H2,(H,26,30).